The number of esters is 1. The van der Waals surface area contributed by atoms with Crippen molar-refractivity contribution in [3.8, 4) is 0 Å². The van der Waals surface area contributed by atoms with Crippen molar-refractivity contribution in [1.29, 1.82) is 0 Å². The lowest BCUT2D eigenvalue weighted by Gasteiger charge is -2.30. The molecule has 1 aromatic rings. The van der Waals surface area contributed by atoms with E-state index in [1.165, 1.54) is 18.4 Å². The number of carbonyl (C=O) groups excluding carboxylic acids is 1. The molecule has 1 fully saturated rings. The second kappa shape index (κ2) is 5.46. The zero-order valence-electron chi connectivity index (χ0n) is 9.89. The third-order valence-electron chi connectivity index (χ3n) is 3.10. The van der Waals surface area contributed by atoms with Crippen molar-refractivity contribution in [2.24, 2.45) is 11.7 Å². The molecule has 1 aliphatic heterocycles. The van der Waals surface area contributed by atoms with E-state index in [4.69, 9.17) is 5.73 Å². The van der Waals surface area contributed by atoms with E-state index in [0.717, 1.165) is 37.6 Å². The molecule has 1 aromatic heterocycles. The summed E-state index contributed by atoms with van der Waals surface area (Å²) in [4.78, 5) is 18.4. The number of methoxy groups -OCH3 is 1. The van der Waals surface area contributed by atoms with Crippen molar-refractivity contribution < 1.29 is 9.53 Å². The predicted molar refractivity (Wildman–Crippen MR) is 67.4 cm³/mol. The molecule has 6 heteroatoms. The minimum absolute atomic E-state index is 0.314. The molecule has 1 saturated heterocycles. The highest BCUT2D eigenvalue weighted by atomic mass is 32.1. The SMILES string of the molecule is COC(=O)c1cnc(N2CCC(CN)CC2)s1. The molecule has 0 spiro atoms. The fraction of sp³-hybridized carbons (Fsp3) is 0.636. The molecule has 0 saturated carbocycles. The van der Waals surface area contributed by atoms with Crippen LogP contribution in [0.5, 0.6) is 0 Å². The minimum Gasteiger partial charge on any atom is -0.465 e. The lowest BCUT2D eigenvalue weighted by molar-refractivity contribution is 0.0606. The van der Waals surface area contributed by atoms with Crippen molar-refractivity contribution in [3.05, 3.63) is 11.1 Å². The molecule has 5 nitrogen and oxygen atoms in total. The third-order valence-corrected chi connectivity index (χ3v) is 4.14. The van der Waals surface area contributed by atoms with E-state index in [2.05, 4.69) is 14.6 Å². The van der Waals surface area contributed by atoms with Crippen LogP contribution in [0.2, 0.25) is 0 Å². The first kappa shape index (κ1) is 12.3. The fourth-order valence-electron chi connectivity index (χ4n) is 1.97. The molecule has 2 heterocycles. The molecule has 0 aromatic carbocycles. The number of hydrogen-bond acceptors (Lipinski definition) is 6. The summed E-state index contributed by atoms with van der Waals surface area (Å²) in [6, 6.07) is 0. The van der Waals surface area contributed by atoms with E-state index in [1.807, 2.05) is 0 Å². The Morgan fingerprint density at radius 1 is 1.65 bits per heavy atom. The summed E-state index contributed by atoms with van der Waals surface area (Å²) >= 11 is 1.39. The molecule has 94 valence electrons. The number of hydrogen-bond donors (Lipinski definition) is 1. The van der Waals surface area contributed by atoms with Gasteiger partial charge in [-0.05, 0) is 25.3 Å². The summed E-state index contributed by atoms with van der Waals surface area (Å²) < 4.78 is 4.67. The Kier molecular flexibility index (Phi) is 3.96. The molecule has 2 rings (SSSR count). The van der Waals surface area contributed by atoms with Crippen LogP contribution in [0.1, 0.15) is 22.5 Å². The van der Waals surface area contributed by atoms with Gasteiger partial charge in [-0.25, -0.2) is 9.78 Å². The van der Waals surface area contributed by atoms with Gasteiger partial charge in [-0.15, -0.1) is 0 Å². The normalized spacial score (nSPS) is 17.2. The summed E-state index contributed by atoms with van der Waals surface area (Å²) in [6.07, 6.45) is 3.79. The number of nitrogens with two attached hydrogens (primary N) is 1. The smallest absolute Gasteiger partial charge is 0.349 e. The summed E-state index contributed by atoms with van der Waals surface area (Å²) in [7, 11) is 1.38. The van der Waals surface area contributed by atoms with Crippen LogP contribution >= 0.6 is 11.3 Å². The predicted octanol–water partition coefficient (Wildman–Crippen LogP) is 1.10. The van der Waals surface area contributed by atoms with Gasteiger partial charge in [-0.2, -0.15) is 0 Å². The maximum atomic E-state index is 11.3. The van der Waals surface area contributed by atoms with E-state index in [0.29, 0.717) is 10.8 Å². The highest BCUT2D eigenvalue weighted by molar-refractivity contribution is 7.17. The molecular weight excluding hydrogens is 238 g/mol. The molecule has 2 N–H and O–H groups in total. The first-order valence-electron chi connectivity index (χ1n) is 5.73. The van der Waals surface area contributed by atoms with Gasteiger partial charge in [0, 0.05) is 13.1 Å². The zero-order valence-corrected chi connectivity index (χ0v) is 10.7. The minimum atomic E-state index is -0.314. The first-order chi connectivity index (χ1) is 8.24. The molecular formula is C11H17N3O2S. The van der Waals surface area contributed by atoms with Crippen molar-refractivity contribution in [2.75, 3.05) is 31.6 Å². The maximum Gasteiger partial charge on any atom is 0.349 e. The molecule has 0 atom stereocenters. The van der Waals surface area contributed by atoms with E-state index >= 15 is 0 Å². The summed E-state index contributed by atoms with van der Waals surface area (Å²) in [6.45, 7) is 2.70. The van der Waals surface area contributed by atoms with Crippen LogP contribution < -0.4 is 10.6 Å². The first-order valence-corrected chi connectivity index (χ1v) is 6.55. The lowest BCUT2D eigenvalue weighted by atomic mass is 9.98. The van der Waals surface area contributed by atoms with Gasteiger partial charge in [0.15, 0.2) is 5.13 Å². The van der Waals surface area contributed by atoms with Crippen LogP contribution in [0.4, 0.5) is 5.13 Å². The molecule has 0 radical (unpaired) electrons. The van der Waals surface area contributed by atoms with E-state index in [1.54, 1.807) is 6.20 Å². The number of aromatic nitrogens is 1. The largest absolute Gasteiger partial charge is 0.465 e. The number of ether oxygens (including phenoxy) is 1. The molecule has 0 aliphatic carbocycles. The van der Waals surface area contributed by atoms with E-state index in [9.17, 15) is 4.79 Å². The van der Waals surface area contributed by atoms with Crippen LogP contribution in [0.25, 0.3) is 0 Å². The average molecular weight is 255 g/mol. The standard InChI is InChI=1S/C11H17N3O2S/c1-16-10(15)9-7-13-11(17-9)14-4-2-8(6-12)3-5-14/h7-8H,2-6,12H2,1H3. The Morgan fingerprint density at radius 3 is 2.94 bits per heavy atom. The van der Waals surface area contributed by atoms with Crippen LogP contribution in [0, 0.1) is 5.92 Å². The third kappa shape index (κ3) is 2.76. The highest BCUT2D eigenvalue weighted by Crippen LogP contribution is 2.27. The van der Waals surface area contributed by atoms with Crippen molar-refractivity contribution in [1.82, 2.24) is 4.98 Å². The molecule has 0 bridgehead atoms. The van der Waals surface area contributed by atoms with Gasteiger partial charge in [0.2, 0.25) is 0 Å². The topological polar surface area (TPSA) is 68.5 Å². The number of carbonyl (C=O) groups is 1. The number of thiazole rings is 1. The Hall–Kier alpha value is -1.14. The zero-order chi connectivity index (χ0) is 12.3. The van der Waals surface area contributed by atoms with Gasteiger partial charge in [0.1, 0.15) is 4.88 Å². The van der Waals surface area contributed by atoms with Crippen LogP contribution in [0.3, 0.4) is 0 Å². The Morgan fingerprint density at radius 2 is 2.35 bits per heavy atom. The molecule has 1 aliphatic rings. The quantitative estimate of drug-likeness (QED) is 0.819. The Bertz CT molecular complexity index is 386. The van der Waals surface area contributed by atoms with Crippen molar-refractivity contribution in [2.45, 2.75) is 12.8 Å². The molecule has 17 heavy (non-hydrogen) atoms. The maximum absolute atomic E-state index is 11.3. The van der Waals surface area contributed by atoms with Gasteiger partial charge in [0.25, 0.3) is 0 Å². The van der Waals surface area contributed by atoms with Gasteiger partial charge in [-0.1, -0.05) is 11.3 Å². The van der Waals surface area contributed by atoms with Crippen molar-refractivity contribution in [3.63, 3.8) is 0 Å². The fourth-order valence-corrected chi connectivity index (χ4v) is 2.85. The summed E-state index contributed by atoms with van der Waals surface area (Å²) in [5.74, 6) is 0.317. The van der Waals surface area contributed by atoms with E-state index in [-0.39, 0.29) is 5.97 Å². The lowest BCUT2D eigenvalue weighted by Crippen LogP contribution is -2.35. The number of rotatable bonds is 3. The monoisotopic (exact) mass is 255 g/mol. The second-order valence-electron chi connectivity index (χ2n) is 4.16. The Labute approximate surface area is 105 Å². The highest BCUT2D eigenvalue weighted by Gasteiger charge is 2.21. The number of piperidine rings is 1. The van der Waals surface area contributed by atoms with Gasteiger partial charge < -0.3 is 15.4 Å². The Balaban J connectivity index is 1.99. The van der Waals surface area contributed by atoms with Crippen LogP contribution in [-0.4, -0.2) is 37.7 Å². The van der Waals surface area contributed by atoms with Crippen LogP contribution in [0.15, 0.2) is 6.20 Å². The summed E-state index contributed by atoms with van der Waals surface area (Å²) in [5.41, 5.74) is 5.66. The summed E-state index contributed by atoms with van der Waals surface area (Å²) in [5, 5.41) is 0.904. The van der Waals surface area contributed by atoms with Gasteiger partial charge in [0.05, 0.1) is 13.3 Å². The van der Waals surface area contributed by atoms with Crippen molar-refractivity contribution >= 4 is 22.4 Å². The average Bonchev–Trinajstić information content (AvgIpc) is 2.87. The van der Waals surface area contributed by atoms with Crippen LogP contribution in [-0.2, 0) is 4.74 Å². The second-order valence-corrected chi connectivity index (χ2v) is 5.17. The van der Waals surface area contributed by atoms with Gasteiger partial charge in [-0.3, -0.25) is 0 Å². The van der Waals surface area contributed by atoms with E-state index < -0.39 is 0 Å². The molecule has 0 amide bonds. The number of nitrogens with zero attached hydrogens (tertiary/aromatic N) is 2. The number of anilines is 1. The molecule has 0 unspecified atom stereocenters. The van der Waals surface area contributed by atoms with Gasteiger partial charge >= 0.3 is 5.97 Å².